The van der Waals surface area contributed by atoms with E-state index in [1.165, 1.54) is 5.56 Å². The van der Waals surface area contributed by atoms with Crippen LogP contribution in [0.5, 0.6) is 0 Å². The largest absolute Gasteiger partial charge is 0.253 e. The van der Waals surface area contributed by atoms with Gasteiger partial charge in [-0.3, -0.25) is 0 Å². The molecule has 3 aromatic heterocycles. The molecule has 0 atom stereocenters. The minimum Gasteiger partial charge on any atom is -0.220 e. The van der Waals surface area contributed by atoms with E-state index in [1.54, 1.807) is 22.0 Å². The zero-order chi connectivity index (χ0) is 14.2. The lowest BCUT2D eigenvalue weighted by Gasteiger charge is -1.99. The first-order valence-corrected chi connectivity index (χ1v) is 7.52. The van der Waals surface area contributed by atoms with Crippen LogP contribution >= 0.6 is 11.3 Å². The van der Waals surface area contributed by atoms with Crippen LogP contribution in [-0.4, -0.2) is 19.6 Å². The number of aromatic nitrogens is 4. The maximum atomic E-state index is 4.62. The number of rotatable bonds is 2. The average molecular weight is 292 g/mol. The molecule has 0 aliphatic carbocycles. The highest BCUT2D eigenvalue weighted by molar-refractivity contribution is 7.13. The van der Waals surface area contributed by atoms with Crippen molar-refractivity contribution >= 4 is 17.1 Å². The van der Waals surface area contributed by atoms with Crippen molar-refractivity contribution in [2.24, 2.45) is 0 Å². The summed E-state index contributed by atoms with van der Waals surface area (Å²) in [5.74, 6) is 1.32. The molecule has 5 heteroatoms. The highest BCUT2D eigenvalue weighted by Gasteiger charge is 2.11. The molecule has 0 radical (unpaired) electrons. The lowest BCUT2D eigenvalue weighted by Crippen LogP contribution is -1.94. The third-order valence-electron chi connectivity index (χ3n) is 3.32. The maximum Gasteiger partial charge on any atom is 0.253 e. The molecule has 0 aliphatic heterocycles. The number of nitrogens with zero attached hydrogens (tertiary/aromatic N) is 4. The van der Waals surface area contributed by atoms with E-state index < -0.39 is 0 Å². The summed E-state index contributed by atoms with van der Waals surface area (Å²) in [6, 6.07) is 14.3. The number of benzene rings is 1. The van der Waals surface area contributed by atoms with Crippen molar-refractivity contribution in [3.63, 3.8) is 0 Å². The Kier molecular flexibility index (Phi) is 2.79. The summed E-state index contributed by atoms with van der Waals surface area (Å²) >= 11 is 1.68. The summed E-state index contributed by atoms with van der Waals surface area (Å²) in [5, 5.41) is 6.67. The number of thiophene rings is 1. The molecule has 0 fully saturated rings. The molecule has 0 N–H and O–H groups in total. The second-order valence-electron chi connectivity index (χ2n) is 4.82. The van der Waals surface area contributed by atoms with Gasteiger partial charge in [0.2, 0.25) is 0 Å². The normalized spacial score (nSPS) is 11.1. The van der Waals surface area contributed by atoms with Crippen LogP contribution in [0.1, 0.15) is 5.56 Å². The van der Waals surface area contributed by atoms with Crippen LogP contribution in [0, 0.1) is 6.92 Å². The van der Waals surface area contributed by atoms with Crippen molar-refractivity contribution in [3.05, 3.63) is 59.6 Å². The van der Waals surface area contributed by atoms with Gasteiger partial charge < -0.3 is 0 Å². The Bertz CT molecular complexity index is 892. The Balaban J connectivity index is 1.90. The summed E-state index contributed by atoms with van der Waals surface area (Å²) in [7, 11) is 0. The molecule has 0 amide bonds. The Morgan fingerprint density at radius 1 is 1.05 bits per heavy atom. The zero-order valence-electron chi connectivity index (χ0n) is 11.4. The topological polar surface area (TPSA) is 43.1 Å². The zero-order valence-corrected chi connectivity index (χ0v) is 12.2. The van der Waals surface area contributed by atoms with Gasteiger partial charge in [-0.05, 0) is 24.4 Å². The first-order chi connectivity index (χ1) is 10.3. The van der Waals surface area contributed by atoms with Gasteiger partial charge in [0.05, 0.1) is 10.6 Å². The van der Waals surface area contributed by atoms with Gasteiger partial charge in [0.25, 0.3) is 5.78 Å². The first-order valence-electron chi connectivity index (χ1n) is 6.64. The Morgan fingerprint density at radius 3 is 2.67 bits per heavy atom. The van der Waals surface area contributed by atoms with Gasteiger partial charge >= 0.3 is 0 Å². The van der Waals surface area contributed by atoms with Crippen LogP contribution in [0.4, 0.5) is 0 Å². The quantitative estimate of drug-likeness (QED) is 0.564. The predicted molar refractivity (Wildman–Crippen MR) is 84.3 cm³/mol. The smallest absolute Gasteiger partial charge is 0.220 e. The molecule has 0 unspecified atom stereocenters. The Morgan fingerprint density at radius 2 is 1.90 bits per heavy atom. The van der Waals surface area contributed by atoms with E-state index >= 15 is 0 Å². The highest BCUT2D eigenvalue weighted by atomic mass is 32.1. The van der Waals surface area contributed by atoms with Crippen molar-refractivity contribution in [2.45, 2.75) is 6.92 Å². The molecule has 4 rings (SSSR count). The van der Waals surface area contributed by atoms with Crippen molar-refractivity contribution in [1.29, 1.82) is 0 Å². The standard InChI is InChI=1S/C16H12N4S/c1-11-4-6-12(7-5-11)15-18-16-17-9-8-13(20(16)19-15)14-3-2-10-21-14/h2-10H,1H3. The molecule has 4 nitrogen and oxygen atoms in total. The molecule has 0 saturated carbocycles. The minimum atomic E-state index is 0.622. The molecule has 0 aliphatic rings. The minimum absolute atomic E-state index is 0.622. The fourth-order valence-corrected chi connectivity index (χ4v) is 2.97. The average Bonchev–Trinajstić information content (AvgIpc) is 3.17. The fourth-order valence-electron chi connectivity index (χ4n) is 2.23. The van der Waals surface area contributed by atoms with E-state index in [-0.39, 0.29) is 0 Å². The van der Waals surface area contributed by atoms with Crippen molar-refractivity contribution < 1.29 is 0 Å². The summed E-state index contributed by atoms with van der Waals surface area (Å²) < 4.78 is 1.81. The van der Waals surface area contributed by atoms with E-state index in [1.807, 2.05) is 24.3 Å². The summed E-state index contributed by atoms with van der Waals surface area (Å²) in [5.41, 5.74) is 3.24. The Labute approximate surface area is 125 Å². The number of aryl methyl sites for hydroxylation is 1. The van der Waals surface area contributed by atoms with Gasteiger partial charge in [0, 0.05) is 11.8 Å². The van der Waals surface area contributed by atoms with Gasteiger partial charge in [-0.1, -0.05) is 35.9 Å². The third-order valence-corrected chi connectivity index (χ3v) is 4.22. The van der Waals surface area contributed by atoms with Gasteiger partial charge in [-0.2, -0.15) is 9.50 Å². The maximum absolute atomic E-state index is 4.62. The molecule has 0 bridgehead atoms. The van der Waals surface area contributed by atoms with Crippen LogP contribution in [0.25, 0.3) is 27.7 Å². The van der Waals surface area contributed by atoms with Crippen molar-refractivity contribution in [3.8, 4) is 22.0 Å². The van der Waals surface area contributed by atoms with Crippen LogP contribution in [0.2, 0.25) is 0 Å². The van der Waals surface area contributed by atoms with Crippen LogP contribution in [-0.2, 0) is 0 Å². The number of hydrogen-bond acceptors (Lipinski definition) is 4. The SMILES string of the molecule is Cc1ccc(-c2nc3nccc(-c4cccs4)n3n2)cc1. The summed E-state index contributed by atoms with van der Waals surface area (Å²) in [4.78, 5) is 9.99. The molecule has 3 heterocycles. The van der Waals surface area contributed by atoms with Crippen molar-refractivity contribution in [2.75, 3.05) is 0 Å². The number of hydrogen-bond donors (Lipinski definition) is 0. The second kappa shape index (κ2) is 4.79. The monoisotopic (exact) mass is 292 g/mol. The van der Waals surface area contributed by atoms with Crippen LogP contribution < -0.4 is 0 Å². The van der Waals surface area contributed by atoms with Gasteiger partial charge in [-0.15, -0.1) is 16.4 Å². The number of fused-ring (bicyclic) bond motifs is 1. The van der Waals surface area contributed by atoms with E-state index in [2.05, 4.69) is 45.6 Å². The first kappa shape index (κ1) is 12.2. The molecule has 102 valence electrons. The molecule has 1 aromatic carbocycles. The van der Waals surface area contributed by atoms with Gasteiger partial charge in [-0.25, -0.2) is 4.98 Å². The summed E-state index contributed by atoms with van der Waals surface area (Å²) in [6.07, 6.45) is 1.78. The fraction of sp³-hybridized carbons (Fsp3) is 0.0625. The lowest BCUT2D eigenvalue weighted by atomic mass is 10.1. The predicted octanol–water partition coefficient (Wildman–Crippen LogP) is 3.83. The van der Waals surface area contributed by atoms with Crippen LogP contribution in [0.3, 0.4) is 0 Å². The molecule has 0 saturated heterocycles. The van der Waals surface area contributed by atoms with Crippen LogP contribution in [0.15, 0.2) is 54.0 Å². The molecule has 4 aromatic rings. The highest BCUT2D eigenvalue weighted by Crippen LogP contribution is 2.25. The molecular weight excluding hydrogens is 280 g/mol. The van der Waals surface area contributed by atoms with Crippen molar-refractivity contribution in [1.82, 2.24) is 19.6 Å². The second-order valence-corrected chi connectivity index (χ2v) is 5.77. The molecular formula is C16H12N4S. The third kappa shape index (κ3) is 2.11. The van der Waals surface area contributed by atoms with Gasteiger partial charge in [0.15, 0.2) is 5.82 Å². The van der Waals surface area contributed by atoms with E-state index in [0.717, 1.165) is 16.1 Å². The summed E-state index contributed by atoms with van der Waals surface area (Å²) in [6.45, 7) is 2.07. The van der Waals surface area contributed by atoms with E-state index in [9.17, 15) is 0 Å². The van der Waals surface area contributed by atoms with E-state index in [0.29, 0.717) is 11.6 Å². The molecule has 21 heavy (non-hydrogen) atoms. The van der Waals surface area contributed by atoms with Gasteiger partial charge in [0.1, 0.15) is 0 Å². The Hall–Kier alpha value is -2.53. The molecule has 0 spiro atoms. The van der Waals surface area contributed by atoms with E-state index in [4.69, 9.17) is 0 Å². The lowest BCUT2D eigenvalue weighted by molar-refractivity contribution is 0.954.